The van der Waals surface area contributed by atoms with Gasteiger partial charge in [-0.1, -0.05) is 37.0 Å². The molecule has 1 saturated heterocycles. The van der Waals surface area contributed by atoms with Crippen molar-refractivity contribution in [2.24, 2.45) is 0 Å². The highest BCUT2D eigenvalue weighted by Gasteiger charge is 2.24. The van der Waals surface area contributed by atoms with Crippen LogP contribution in [0, 0.1) is 0 Å². The summed E-state index contributed by atoms with van der Waals surface area (Å²) < 4.78 is 0. The summed E-state index contributed by atoms with van der Waals surface area (Å²) in [6, 6.07) is 6.11. The lowest BCUT2D eigenvalue weighted by Gasteiger charge is -2.36. The first-order valence-electron chi connectivity index (χ1n) is 11.1. The van der Waals surface area contributed by atoms with E-state index in [-0.39, 0.29) is 5.75 Å². The highest BCUT2D eigenvalue weighted by Crippen LogP contribution is 2.35. The molecule has 0 saturated carbocycles. The van der Waals surface area contributed by atoms with Crippen molar-refractivity contribution < 1.29 is 5.11 Å². The Balaban J connectivity index is 1.54. The molecule has 0 amide bonds. The summed E-state index contributed by atoms with van der Waals surface area (Å²) in [5, 5.41) is 11.7. The van der Waals surface area contributed by atoms with Gasteiger partial charge >= 0.3 is 0 Å². The van der Waals surface area contributed by atoms with Gasteiger partial charge in [-0.05, 0) is 42.7 Å². The van der Waals surface area contributed by atoms with Crippen molar-refractivity contribution in [2.75, 3.05) is 45.7 Å². The zero-order chi connectivity index (χ0) is 22.8. The molecule has 32 heavy (non-hydrogen) atoms. The summed E-state index contributed by atoms with van der Waals surface area (Å²) in [4.78, 5) is 20.4. The van der Waals surface area contributed by atoms with Crippen LogP contribution in [0.3, 0.4) is 0 Å². The third kappa shape index (κ3) is 4.52. The Morgan fingerprint density at radius 2 is 2.03 bits per heavy atom. The molecule has 0 atom stereocenters. The first-order chi connectivity index (χ1) is 15.4. The number of piperidine rings is 1. The SMILES string of the molecule is C=C/C(=C\N(C)C)c1ccc(-c2nc3sc(N(C)C4CCN(CC)CC4)nc3[nH]2)c(O)c1. The van der Waals surface area contributed by atoms with Gasteiger partial charge < -0.3 is 24.8 Å². The van der Waals surface area contributed by atoms with Crippen LogP contribution in [0.15, 0.2) is 37.1 Å². The van der Waals surface area contributed by atoms with E-state index in [4.69, 9.17) is 9.97 Å². The molecule has 1 aromatic carbocycles. The number of anilines is 1. The third-order valence-electron chi connectivity index (χ3n) is 6.11. The zero-order valence-corrected chi connectivity index (χ0v) is 20.1. The van der Waals surface area contributed by atoms with Crippen molar-refractivity contribution in [3.63, 3.8) is 0 Å². The lowest BCUT2D eigenvalue weighted by atomic mass is 10.0. The van der Waals surface area contributed by atoms with Crippen LogP contribution < -0.4 is 4.90 Å². The Morgan fingerprint density at radius 3 is 2.62 bits per heavy atom. The number of aromatic amines is 1. The molecule has 0 radical (unpaired) electrons. The average molecular weight is 453 g/mol. The topological polar surface area (TPSA) is 71.5 Å². The molecule has 7 nitrogen and oxygen atoms in total. The van der Waals surface area contributed by atoms with Crippen LogP contribution in [-0.4, -0.2) is 76.7 Å². The van der Waals surface area contributed by atoms with Crippen molar-refractivity contribution in [1.29, 1.82) is 0 Å². The minimum atomic E-state index is 0.176. The molecule has 4 rings (SSSR count). The van der Waals surface area contributed by atoms with Gasteiger partial charge in [0.2, 0.25) is 0 Å². The van der Waals surface area contributed by atoms with E-state index in [0.29, 0.717) is 17.4 Å². The number of H-pyrrole nitrogens is 1. The largest absolute Gasteiger partial charge is 0.507 e. The van der Waals surface area contributed by atoms with Gasteiger partial charge in [-0.25, -0.2) is 9.97 Å². The number of aromatic nitrogens is 3. The number of imidazole rings is 1. The lowest BCUT2D eigenvalue weighted by molar-refractivity contribution is 0.221. The van der Waals surface area contributed by atoms with Gasteiger partial charge in [-0.3, -0.25) is 0 Å². The molecule has 3 heterocycles. The first kappa shape index (κ1) is 22.4. The summed E-state index contributed by atoms with van der Waals surface area (Å²) in [5.74, 6) is 0.806. The molecule has 0 unspecified atom stereocenters. The van der Waals surface area contributed by atoms with Gasteiger partial charge in [-0.15, -0.1) is 0 Å². The van der Waals surface area contributed by atoms with Crippen molar-refractivity contribution in [2.45, 2.75) is 25.8 Å². The quantitative estimate of drug-likeness (QED) is 0.518. The molecule has 2 aromatic heterocycles. The highest BCUT2D eigenvalue weighted by atomic mass is 32.1. The number of hydrogen-bond donors (Lipinski definition) is 2. The van der Waals surface area contributed by atoms with Crippen LogP contribution in [0.2, 0.25) is 0 Å². The molecule has 8 heteroatoms. The highest BCUT2D eigenvalue weighted by molar-refractivity contribution is 7.21. The number of fused-ring (bicyclic) bond motifs is 1. The Hall–Kier alpha value is -2.84. The van der Waals surface area contributed by atoms with Crippen molar-refractivity contribution in [1.82, 2.24) is 24.8 Å². The third-order valence-corrected chi connectivity index (χ3v) is 7.15. The summed E-state index contributed by atoms with van der Waals surface area (Å²) >= 11 is 1.59. The number of phenolic OH excluding ortho intramolecular Hbond substituents is 1. The van der Waals surface area contributed by atoms with E-state index >= 15 is 0 Å². The standard InChI is InChI=1S/C24H32N6OS/c1-6-16(15-28(3)4)17-8-9-19(20(31)14-17)21-25-22-23(26-21)32-24(27-22)29(5)18-10-12-30(7-2)13-11-18/h6,8-9,14-15,18,31H,1,7,10-13H2,2-5H3,(H,25,26)/b16-15+. The Labute approximate surface area is 193 Å². The van der Waals surface area contributed by atoms with Crippen LogP contribution in [0.4, 0.5) is 5.13 Å². The van der Waals surface area contributed by atoms with Crippen LogP contribution >= 0.6 is 11.3 Å². The molecule has 0 spiro atoms. The predicted octanol–water partition coefficient (Wildman–Crippen LogP) is 4.40. The average Bonchev–Trinajstić information content (AvgIpc) is 3.36. The molecule has 0 bridgehead atoms. The minimum Gasteiger partial charge on any atom is -0.507 e. The number of thiazole rings is 1. The zero-order valence-electron chi connectivity index (χ0n) is 19.3. The molecule has 1 fully saturated rings. The molecule has 170 valence electrons. The number of nitrogens with one attached hydrogen (secondary N) is 1. The number of hydrogen-bond acceptors (Lipinski definition) is 7. The van der Waals surface area contributed by atoms with Crippen LogP contribution in [-0.2, 0) is 0 Å². The van der Waals surface area contributed by atoms with E-state index in [2.05, 4.69) is 35.3 Å². The Morgan fingerprint density at radius 1 is 1.28 bits per heavy atom. The molecule has 1 aliphatic rings. The van der Waals surface area contributed by atoms with E-state index in [0.717, 1.165) is 59.2 Å². The lowest BCUT2D eigenvalue weighted by Crippen LogP contribution is -2.43. The van der Waals surface area contributed by atoms with Gasteiger partial charge in [0.15, 0.2) is 15.6 Å². The number of benzene rings is 1. The summed E-state index contributed by atoms with van der Waals surface area (Å²) in [7, 11) is 6.05. The fraction of sp³-hybridized carbons (Fsp3) is 0.417. The van der Waals surface area contributed by atoms with Gasteiger partial charge in [0.1, 0.15) is 11.6 Å². The summed E-state index contributed by atoms with van der Waals surface area (Å²) in [6.45, 7) is 9.51. The fourth-order valence-electron chi connectivity index (χ4n) is 4.19. The number of phenols is 1. The first-order valence-corrected chi connectivity index (χ1v) is 11.9. The number of aromatic hydroxyl groups is 1. The van der Waals surface area contributed by atoms with Gasteiger partial charge in [0, 0.05) is 46.5 Å². The van der Waals surface area contributed by atoms with Crippen molar-refractivity contribution >= 4 is 32.5 Å². The van der Waals surface area contributed by atoms with Crippen LogP contribution in [0.1, 0.15) is 25.3 Å². The molecule has 2 N–H and O–H groups in total. The van der Waals surface area contributed by atoms with Crippen molar-refractivity contribution in [3.05, 3.63) is 42.6 Å². The Bertz CT molecular complexity index is 1090. The van der Waals surface area contributed by atoms with E-state index in [9.17, 15) is 5.11 Å². The van der Waals surface area contributed by atoms with Crippen molar-refractivity contribution in [3.8, 4) is 17.1 Å². The molecule has 1 aliphatic heterocycles. The number of rotatable bonds is 7. The number of nitrogens with zero attached hydrogens (tertiary/aromatic N) is 5. The van der Waals surface area contributed by atoms with Gasteiger partial charge in [0.05, 0.1) is 5.56 Å². The van der Waals surface area contributed by atoms with E-state index < -0.39 is 0 Å². The minimum absolute atomic E-state index is 0.176. The summed E-state index contributed by atoms with van der Waals surface area (Å²) in [6.07, 6.45) is 6.07. The molecule has 0 aliphatic carbocycles. The van der Waals surface area contributed by atoms with E-state index in [1.54, 1.807) is 23.5 Å². The smallest absolute Gasteiger partial charge is 0.189 e. The Kier molecular flexibility index (Phi) is 6.53. The van der Waals surface area contributed by atoms with E-state index in [1.165, 1.54) is 0 Å². The maximum atomic E-state index is 10.7. The molecular formula is C24H32N6OS. The number of likely N-dealkylation sites (tertiary alicyclic amines) is 1. The van der Waals surface area contributed by atoms with Gasteiger partial charge in [0.25, 0.3) is 0 Å². The monoisotopic (exact) mass is 452 g/mol. The van der Waals surface area contributed by atoms with Gasteiger partial charge in [-0.2, -0.15) is 0 Å². The van der Waals surface area contributed by atoms with Crippen LogP contribution in [0.25, 0.3) is 27.4 Å². The van der Waals surface area contributed by atoms with Crippen LogP contribution in [0.5, 0.6) is 5.75 Å². The fourth-order valence-corrected chi connectivity index (χ4v) is 5.13. The summed E-state index contributed by atoms with van der Waals surface area (Å²) in [5.41, 5.74) is 3.27. The molecule has 3 aromatic rings. The second kappa shape index (κ2) is 9.34. The maximum Gasteiger partial charge on any atom is 0.189 e. The number of allylic oxidation sites excluding steroid dienone is 2. The molecular weight excluding hydrogens is 420 g/mol. The maximum absolute atomic E-state index is 10.7. The van der Waals surface area contributed by atoms with E-state index in [1.807, 2.05) is 37.3 Å². The normalized spacial score (nSPS) is 15.9. The second-order valence-electron chi connectivity index (χ2n) is 8.50. The predicted molar refractivity (Wildman–Crippen MR) is 134 cm³/mol. The second-order valence-corrected chi connectivity index (χ2v) is 9.45.